The van der Waals surface area contributed by atoms with Crippen LogP contribution in [0.2, 0.25) is 0 Å². The van der Waals surface area contributed by atoms with E-state index in [2.05, 4.69) is 4.98 Å². The highest BCUT2D eigenvalue weighted by Gasteiger charge is 2.19. The van der Waals surface area contributed by atoms with E-state index < -0.39 is 0 Å². The van der Waals surface area contributed by atoms with Crippen LogP contribution in [0.1, 0.15) is 11.1 Å². The Balaban J connectivity index is 1.80. The summed E-state index contributed by atoms with van der Waals surface area (Å²) in [6.07, 6.45) is 0.645. The van der Waals surface area contributed by atoms with Crippen molar-refractivity contribution in [3.63, 3.8) is 0 Å². The predicted molar refractivity (Wildman–Crippen MR) is 122 cm³/mol. The van der Waals surface area contributed by atoms with Crippen LogP contribution in [0, 0.1) is 6.92 Å². The van der Waals surface area contributed by atoms with Crippen molar-refractivity contribution in [2.45, 2.75) is 19.9 Å². The standard InChI is InChI=1S/C26H20N2O3/c1-17-9-5-6-12-19(17)24-27-25-22(23(29)20-13-7-8-14-21(20)31-25)26(30)28(24)16-15-18-10-3-2-4-11-18/h2-14H,15-16H2,1H3. The van der Waals surface area contributed by atoms with Crippen LogP contribution >= 0.6 is 0 Å². The van der Waals surface area contributed by atoms with Gasteiger partial charge in [-0.2, -0.15) is 4.98 Å². The quantitative estimate of drug-likeness (QED) is 0.404. The Morgan fingerprint density at radius 2 is 1.58 bits per heavy atom. The second-order valence-corrected chi connectivity index (χ2v) is 7.55. The summed E-state index contributed by atoms with van der Waals surface area (Å²) in [6, 6.07) is 24.7. The van der Waals surface area contributed by atoms with Gasteiger partial charge in [0.05, 0.1) is 5.39 Å². The van der Waals surface area contributed by atoms with Gasteiger partial charge < -0.3 is 4.42 Å². The largest absolute Gasteiger partial charge is 0.437 e. The van der Waals surface area contributed by atoms with E-state index in [9.17, 15) is 9.59 Å². The summed E-state index contributed by atoms with van der Waals surface area (Å²) >= 11 is 0. The molecule has 0 atom stereocenters. The van der Waals surface area contributed by atoms with Crippen molar-refractivity contribution in [2.75, 3.05) is 0 Å². The molecule has 0 spiro atoms. The van der Waals surface area contributed by atoms with Gasteiger partial charge >= 0.3 is 0 Å². The van der Waals surface area contributed by atoms with Crippen LogP contribution in [0.4, 0.5) is 0 Å². The van der Waals surface area contributed by atoms with E-state index in [1.54, 1.807) is 28.8 Å². The van der Waals surface area contributed by atoms with E-state index in [1.807, 2.05) is 61.5 Å². The van der Waals surface area contributed by atoms with E-state index in [-0.39, 0.29) is 22.1 Å². The number of para-hydroxylation sites is 1. The van der Waals surface area contributed by atoms with Gasteiger partial charge in [-0.3, -0.25) is 14.2 Å². The van der Waals surface area contributed by atoms with Crippen LogP contribution in [-0.2, 0) is 13.0 Å². The van der Waals surface area contributed by atoms with Gasteiger partial charge in [0.2, 0.25) is 11.1 Å². The molecule has 5 rings (SSSR count). The minimum Gasteiger partial charge on any atom is -0.437 e. The average molecular weight is 408 g/mol. The van der Waals surface area contributed by atoms with Crippen LogP contribution < -0.4 is 11.0 Å². The molecule has 0 N–H and O–H groups in total. The highest BCUT2D eigenvalue weighted by Crippen LogP contribution is 2.23. The minimum atomic E-state index is -0.376. The number of nitrogens with zero attached hydrogens (tertiary/aromatic N) is 2. The maximum atomic E-state index is 13.6. The summed E-state index contributed by atoms with van der Waals surface area (Å²) in [5, 5.41) is 0.372. The van der Waals surface area contributed by atoms with Gasteiger partial charge in [-0.25, -0.2) is 0 Å². The molecule has 5 heteroatoms. The van der Waals surface area contributed by atoms with Crippen molar-refractivity contribution in [3.8, 4) is 11.4 Å². The van der Waals surface area contributed by atoms with E-state index >= 15 is 0 Å². The van der Waals surface area contributed by atoms with Crippen molar-refractivity contribution in [1.29, 1.82) is 0 Å². The van der Waals surface area contributed by atoms with Crippen molar-refractivity contribution in [1.82, 2.24) is 9.55 Å². The van der Waals surface area contributed by atoms with Crippen molar-refractivity contribution in [3.05, 3.63) is 111 Å². The number of aryl methyl sites for hydroxylation is 2. The highest BCUT2D eigenvalue weighted by atomic mass is 16.3. The molecular weight excluding hydrogens is 388 g/mol. The Labute approximate surface area is 178 Å². The molecule has 0 radical (unpaired) electrons. The van der Waals surface area contributed by atoms with Crippen LogP contribution in [0.15, 0.2) is 92.9 Å². The third-order valence-corrected chi connectivity index (χ3v) is 5.55. The Hall–Kier alpha value is -3.99. The molecule has 152 valence electrons. The molecule has 0 bridgehead atoms. The lowest BCUT2D eigenvalue weighted by molar-refractivity contribution is 0.623. The lowest BCUT2D eigenvalue weighted by Gasteiger charge is -2.15. The first-order valence-corrected chi connectivity index (χ1v) is 10.2. The summed E-state index contributed by atoms with van der Waals surface area (Å²) in [4.78, 5) is 31.4. The summed E-state index contributed by atoms with van der Waals surface area (Å²) in [5.41, 5.74) is 2.71. The SMILES string of the molecule is Cc1ccccc1-c1nc2oc3ccccc3c(=O)c2c(=O)n1CCc1ccccc1. The molecule has 0 saturated heterocycles. The molecule has 5 aromatic rings. The summed E-state index contributed by atoms with van der Waals surface area (Å²) < 4.78 is 7.50. The summed E-state index contributed by atoms with van der Waals surface area (Å²) in [7, 11) is 0. The van der Waals surface area contributed by atoms with Crippen LogP contribution in [0.5, 0.6) is 0 Å². The normalized spacial score (nSPS) is 11.3. The lowest BCUT2D eigenvalue weighted by Crippen LogP contribution is -2.28. The molecule has 0 saturated carbocycles. The van der Waals surface area contributed by atoms with Crippen LogP contribution in [0.3, 0.4) is 0 Å². The third-order valence-electron chi connectivity index (χ3n) is 5.55. The van der Waals surface area contributed by atoms with Gasteiger partial charge in [0.25, 0.3) is 5.56 Å². The Morgan fingerprint density at radius 3 is 2.39 bits per heavy atom. The zero-order valence-corrected chi connectivity index (χ0v) is 17.0. The first kappa shape index (κ1) is 19.0. The van der Waals surface area contributed by atoms with Crippen molar-refractivity contribution in [2.24, 2.45) is 0 Å². The second kappa shape index (κ2) is 7.69. The van der Waals surface area contributed by atoms with Gasteiger partial charge in [-0.1, -0.05) is 66.7 Å². The Kier molecular flexibility index (Phi) is 4.71. The molecule has 31 heavy (non-hydrogen) atoms. The van der Waals surface area contributed by atoms with Crippen molar-refractivity contribution >= 4 is 22.1 Å². The minimum absolute atomic E-state index is 0.0101. The first-order valence-electron chi connectivity index (χ1n) is 10.2. The van der Waals surface area contributed by atoms with E-state index in [0.717, 1.165) is 16.7 Å². The molecule has 5 nitrogen and oxygen atoms in total. The van der Waals surface area contributed by atoms with Crippen molar-refractivity contribution < 1.29 is 4.42 Å². The lowest BCUT2D eigenvalue weighted by atomic mass is 10.1. The van der Waals surface area contributed by atoms with E-state index in [0.29, 0.717) is 29.8 Å². The molecule has 0 amide bonds. The van der Waals surface area contributed by atoms with Gasteiger partial charge in [-0.15, -0.1) is 0 Å². The van der Waals surface area contributed by atoms with Crippen LogP contribution in [0.25, 0.3) is 33.5 Å². The molecule has 2 aromatic heterocycles. The fraction of sp³-hybridized carbons (Fsp3) is 0.115. The Bertz CT molecular complexity index is 1530. The number of hydrogen-bond donors (Lipinski definition) is 0. The smallest absolute Gasteiger partial charge is 0.269 e. The van der Waals surface area contributed by atoms with Gasteiger partial charge in [0.15, 0.2) is 5.39 Å². The predicted octanol–water partition coefficient (Wildman–Crippen LogP) is 4.72. The number of rotatable bonds is 4. The van der Waals surface area contributed by atoms with E-state index in [4.69, 9.17) is 4.42 Å². The Morgan fingerprint density at radius 1 is 0.871 bits per heavy atom. The fourth-order valence-electron chi connectivity index (χ4n) is 3.91. The molecule has 0 fully saturated rings. The zero-order chi connectivity index (χ0) is 21.4. The average Bonchev–Trinajstić information content (AvgIpc) is 2.79. The fourth-order valence-corrected chi connectivity index (χ4v) is 3.91. The zero-order valence-electron chi connectivity index (χ0n) is 17.0. The molecule has 0 unspecified atom stereocenters. The number of hydrogen-bond acceptors (Lipinski definition) is 4. The number of aromatic nitrogens is 2. The first-order chi connectivity index (χ1) is 15.1. The molecule has 2 heterocycles. The van der Waals surface area contributed by atoms with Gasteiger partial charge in [0.1, 0.15) is 11.4 Å². The maximum Gasteiger partial charge on any atom is 0.269 e. The van der Waals surface area contributed by atoms with Crippen LogP contribution in [-0.4, -0.2) is 9.55 Å². The molecular formula is C26H20N2O3. The summed E-state index contributed by atoms with van der Waals surface area (Å²) in [6.45, 7) is 2.38. The topological polar surface area (TPSA) is 65.1 Å². The molecule has 3 aromatic carbocycles. The molecule has 0 aliphatic carbocycles. The van der Waals surface area contributed by atoms with Gasteiger partial charge in [0, 0.05) is 12.1 Å². The molecule has 0 aliphatic rings. The number of benzene rings is 3. The number of fused-ring (bicyclic) bond motifs is 2. The second-order valence-electron chi connectivity index (χ2n) is 7.55. The third kappa shape index (κ3) is 3.34. The monoisotopic (exact) mass is 408 g/mol. The molecule has 0 aliphatic heterocycles. The highest BCUT2D eigenvalue weighted by molar-refractivity contribution is 5.88. The van der Waals surface area contributed by atoms with Gasteiger partial charge in [-0.05, 0) is 36.6 Å². The van der Waals surface area contributed by atoms with E-state index in [1.165, 1.54) is 0 Å². The summed E-state index contributed by atoms with van der Waals surface area (Å²) in [5.74, 6) is 0.505. The maximum absolute atomic E-state index is 13.6.